The molecule has 0 saturated carbocycles. The Morgan fingerprint density at radius 2 is 1.74 bits per heavy atom. The van der Waals surface area contributed by atoms with E-state index in [1.54, 1.807) is 13.8 Å². The van der Waals surface area contributed by atoms with Gasteiger partial charge in [-0.1, -0.05) is 6.92 Å². The van der Waals surface area contributed by atoms with Crippen LogP contribution in [0, 0.1) is 5.92 Å². The zero-order valence-corrected chi connectivity index (χ0v) is 21.2. The van der Waals surface area contributed by atoms with E-state index >= 15 is 0 Å². The number of hydrogen-bond donors (Lipinski definition) is 3. The third-order valence-electron chi connectivity index (χ3n) is 2.86. The minimum atomic E-state index is -4.98. The molecule has 0 aromatic rings. The fourth-order valence-electron chi connectivity index (χ4n) is 1.71. The zero-order chi connectivity index (χ0) is 16.4. The monoisotopic (exact) mass is 546 g/mol. The Balaban J connectivity index is 0. The first-order valence-corrected chi connectivity index (χ1v) is 10.7. The molecular formula is C8H19O10P3Y2. The van der Waals surface area contributed by atoms with Crippen LogP contribution in [0.2, 0.25) is 0 Å². The van der Waals surface area contributed by atoms with Crippen LogP contribution >= 0.6 is 23.7 Å². The molecule has 1 rings (SSSR count). The van der Waals surface area contributed by atoms with E-state index in [1.807, 2.05) is 0 Å². The molecule has 3 N–H and O–H groups in total. The van der Waals surface area contributed by atoms with E-state index in [0.29, 0.717) is 6.66 Å². The summed E-state index contributed by atoms with van der Waals surface area (Å²) in [7, 11) is -12.7. The van der Waals surface area contributed by atoms with Crippen LogP contribution in [0.25, 0.3) is 0 Å². The van der Waals surface area contributed by atoms with Gasteiger partial charge in [0.15, 0.2) is 0 Å². The fourth-order valence-corrected chi connectivity index (χ4v) is 4.94. The van der Waals surface area contributed by atoms with Gasteiger partial charge in [-0.05, 0) is 6.92 Å². The van der Waals surface area contributed by atoms with Crippen molar-refractivity contribution in [2.24, 2.45) is 5.92 Å². The number of rotatable bonds is 7. The van der Waals surface area contributed by atoms with Gasteiger partial charge in [0.05, 0.1) is 18.8 Å². The largest absolute Gasteiger partial charge is 0.486 e. The summed E-state index contributed by atoms with van der Waals surface area (Å²) >= 11 is 0. The van der Waals surface area contributed by atoms with E-state index in [2.05, 4.69) is 8.62 Å². The zero-order valence-electron chi connectivity index (χ0n) is 12.8. The molecule has 1 saturated heterocycles. The quantitative estimate of drug-likeness (QED) is 0.397. The molecule has 1 aliphatic heterocycles. The van der Waals surface area contributed by atoms with E-state index in [1.165, 1.54) is 0 Å². The summed E-state index contributed by atoms with van der Waals surface area (Å²) in [6.07, 6.45) is -1.80. The maximum atomic E-state index is 11.4. The SMILES string of the molecule is CC1OC(CO[PH](=O)OP(=O)(O)OP(C)(=O)O)C(O)C1C.[Y].[Y]. The van der Waals surface area contributed by atoms with E-state index in [-0.39, 0.29) is 84.0 Å². The maximum Gasteiger partial charge on any atom is 0.486 e. The van der Waals surface area contributed by atoms with E-state index < -0.39 is 35.9 Å². The minimum absolute atomic E-state index is 0. The number of phosphoric acid groups is 1. The molecule has 1 heterocycles. The van der Waals surface area contributed by atoms with Crippen molar-refractivity contribution in [2.75, 3.05) is 13.3 Å². The summed E-state index contributed by atoms with van der Waals surface area (Å²) in [5, 5.41) is 9.79. The first-order valence-electron chi connectivity index (χ1n) is 5.95. The topological polar surface area (TPSA) is 149 Å². The molecule has 0 aromatic carbocycles. The Morgan fingerprint density at radius 1 is 1.22 bits per heavy atom. The molecular weight excluding hydrogens is 527 g/mol. The van der Waals surface area contributed by atoms with Gasteiger partial charge in [-0.25, -0.2) is 13.2 Å². The van der Waals surface area contributed by atoms with Crippen molar-refractivity contribution >= 4 is 23.7 Å². The number of ether oxygens (including phenoxy) is 1. The third-order valence-corrected chi connectivity index (χ3v) is 6.82. The standard InChI is InChI=1S/C8H19O10P3.2Y/c1-5-6(2)16-7(8(5)9)4-15-19(10)17-21(13,14)18-20(3,11)12;;/h5-9,19H,4H2,1-3H3,(H,11,12)(H,13,14);;. The minimum Gasteiger partial charge on any atom is -0.390 e. The average molecular weight is 546 g/mol. The normalized spacial score (nSPS) is 33.7. The van der Waals surface area contributed by atoms with E-state index in [0.717, 1.165) is 0 Å². The van der Waals surface area contributed by atoms with Crippen LogP contribution in [-0.2, 0) is 97.0 Å². The molecule has 0 aliphatic carbocycles. The van der Waals surface area contributed by atoms with Gasteiger partial charge in [0.2, 0.25) is 0 Å². The van der Waals surface area contributed by atoms with Crippen LogP contribution in [0.1, 0.15) is 13.8 Å². The van der Waals surface area contributed by atoms with Gasteiger partial charge >= 0.3 is 23.7 Å². The van der Waals surface area contributed by atoms with Crippen molar-refractivity contribution in [1.82, 2.24) is 0 Å². The van der Waals surface area contributed by atoms with Crippen LogP contribution in [0.3, 0.4) is 0 Å². The molecule has 132 valence electrons. The van der Waals surface area contributed by atoms with Crippen molar-refractivity contribution in [3.63, 3.8) is 0 Å². The number of hydrogen-bond acceptors (Lipinski definition) is 8. The number of aliphatic hydroxyl groups excluding tert-OH is 1. The second kappa shape index (κ2) is 11.5. The summed E-state index contributed by atoms with van der Waals surface area (Å²) in [6.45, 7) is 3.87. The first-order chi connectivity index (χ1) is 9.41. The molecule has 10 nitrogen and oxygen atoms in total. The Bertz CT molecular complexity index is 485. The second-order valence-corrected chi connectivity index (χ2v) is 9.45. The Labute approximate surface area is 185 Å². The van der Waals surface area contributed by atoms with E-state index in [4.69, 9.17) is 19.0 Å². The van der Waals surface area contributed by atoms with Crippen LogP contribution < -0.4 is 0 Å². The van der Waals surface area contributed by atoms with Crippen LogP contribution in [0.15, 0.2) is 0 Å². The first kappa shape index (κ1) is 27.8. The van der Waals surface area contributed by atoms with Crippen molar-refractivity contribution in [1.29, 1.82) is 0 Å². The molecule has 7 atom stereocenters. The summed E-state index contributed by atoms with van der Waals surface area (Å²) < 4.78 is 51.5. The molecule has 7 unspecified atom stereocenters. The van der Waals surface area contributed by atoms with Gasteiger partial charge in [-0.2, -0.15) is 0 Å². The van der Waals surface area contributed by atoms with Crippen molar-refractivity contribution in [3.05, 3.63) is 0 Å². The Kier molecular flexibility index (Phi) is 13.9. The molecule has 23 heavy (non-hydrogen) atoms. The molecule has 0 spiro atoms. The predicted octanol–water partition coefficient (Wildman–Crippen LogP) is 1.12. The van der Waals surface area contributed by atoms with Gasteiger partial charge < -0.3 is 24.2 Å². The van der Waals surface area contributed by atoms with Gasteiger partial charge in [-0.3, -0.25) is 9.13 Å². The van der Waals surface area contributed by atoms with Gasteiger partial charge in [0.25, 0.3) is 0 Å². The maximum absolute atomic E-state index is 11.4. The van der Waals surface area contributed by atoms with Crippen molar-refractivity contribution in [3.8, 4) is 0 Å². The van der Waals surface area contributed by atoms with Crippen LogP contribution in [-0.4, -0.2) is 46.5 Å². The number of aliphatic hydroxyl groups is 1. The van der Waals surface area contributed by atoms with Crippen LogP contribution in [0.5, 0.6) is 0 Å². The molecule has 15 heteroatoms. The van der Waals surface area contributed by atoms with Gasteiger partial charge in [-0.15, -0.1) is 0 Å². The third kappa shape index (κ3) is 10.5. The molecule has 1 fully saturated rings. The molecule has 1 aliphatic rings. The Hall–Kier alpha value is 2.62. The molecule has 0 amide bonds. The van der Waals surface area contributed by atoms with Gasteiger partial charge in [0.1, 0.15) is 6.10 Å². The average Bonchev–Trinajstić information content (AvgIpc) is 2.50. The van der Waals surface area contributed by atoms with Crippen molar-refractivity contribution in [2.45, 2.75) is 32.2 Å². The molecule has 0 bridgehead atoms. The smallest absolute Gasteiger partial charge is 0.390 e. The van der Waals surface area contributed by atoms with Crippen molar-refractivity contribution < 1.29 is 112 Å². The summed E-state index contributed by atoms with van der Waals surface area (Å²) in [6, 6.07) is 0. The van der Waals surface area contributed by atoms with Gasteiger partial charge in [0, 0.05) is 78.0 Å². The molecule has 0 aromatic heterocycles. The Morgan fingerprint density at radius 3 is 2.13 bits per heavy atom. The fraction of sp³-hybridized carbons (Fsp3) is 1.00. The van der Waals surface area contributed by atoms with Crippen LogP contribution in [0.4, 0.5) is 0 Å². The summed E-state index contributed by atoms with van der Waals surface area (Å²) in [5.41, 5.74) is 0. The molecule has 2 radical (unpaired) electrons. The predicted molar refractivity (Wildman–Crippen MR) is 72.2 cm³/mol. The second-order valence-electron chi connectivity index (χ2n) is 4.73. The van der Waals surface area contributed by atoms with E-state index in [9.17, 15) is 18.8 Å². The summed E-state index contributed by atoms with van der Waals surface area (Å²) in [4.78, 5) is 17.9. The summed E-state index contributed by atoms with van der Waals surface area (Å²) in [5.74, 6) is -0.144.